The standard InChI is InChI=1S/C31H31N5O4.C29H30N6O2.C29H29N5O2/c32-19-23-17-22(3-6-29(23)40-25-8-11-36(12-9-25)30(38)20-37)31-26-18-28(34-27(26)7-10-33-31)21-1-4-24(5-2-21)35-13-15-39-16-14-35;1-34-10-12-35(13-11-34)23-5-2-20(3-6-23)26-17-25-28(31-19-32-29(25)33-26)21-4-7-27(22(16-21)18-30)37-24-8-14-36-15-9-24;30-19-22-17-21(3-6-28(22)36-24-7-10-31-11-8-24)29-25-18-27(33-26(25)9-12-32-29)20-1-4-23(5-2-20)34-13-15-35-16-14-34/h1-7,10,17-18,25,34,37H,8-9,11-16,20H2;2-7,16-17,19,24H,8-15H2,1H3,(H,31,32,33);1-6,9,12,17-18,24,31,33H,7-8,10-11,13-16H2. The lowest BCUT2D eigenvalue weighted by molar-refractivity contribution is -0.135. The Morgan fingerprint density at radius 3 is 1.27 bits per heavy atom. The Bertz CT molecular complexity index is 5430. The second-order valence-electron chi connectivity index (χ2n) is 29.2. The van der Waals surface area contributed by atoms with E-state index < -0.39 is 6.61 Å². The largest absolute Gasteiger partial charge is 0.489 e. The first-order chi connectivity index (χ1) is 55.6. The molecule has 6 aromatic carbocycles. The fourth-order valence-corrected chi connectivity index (χ4v) is 15.6. The molecule has 0 saturated carbocycles. The van der Waals surface area contributed by atoms with E-state index in [9.17, 15) is 20.6 Å². The Kier molecular flexibility index (Phi) is 23.2. The number of pyridine rings is 2. The normalized spacial score (nSPS) is 16.7. The van der Waals surface area contributed by atoms with Crippen molar-refractivity contribution in [3.05, 3.63) is 193 Å². The highest BCUT2D eigenvalue weighted by atomic mass is 16.5. The van der Waals surface area contributed by atoms with Crippen molar-refractivity contribution in [3.63, 3.8) is 0 Å². The average molecular weight is 1510 g/mol. The quantitative estimate of drug-likeness (QED) is 0.0600. The molecule has 1 amide bonds. The van der Waals surface area contributed by atoms with E-state index in [1.165, 1.54) is 17.1 Å². The molecule has 6 fully saturated rings. The van der Waals surface area contributed by atoms with Gasteiger partial charge in [-0.15, -0.1) is 0 Å². The molecule has 0 spiro atoms. The molecule has 0 bridgehead atoms. The van der Waals surface area contributed by atoms with Crippen LogP contribution in [0.15, 0.2) is 176 Å². The number of piperidine rings is 2. The van der Waals surface area contributed by atoms with Crippen LogP contribution in [0.4, 0.5) is 17.1 Å². The molecule has 18 rings (SSSR count). The van der Waals surface area contributed by atoms with Crippen molar-refractivity contribution in [1.29, 1.82) is 15.8 Å². The minimum atomic E-state index is -0.476. The van der Waals surface area contributed by atoms with Gasteiger partial charge in [0, 0.05) is 182 Å². The van der Waals surface area contributed by atoms with Gasteiger partial charge in [-0.3, -0.25) is 14.8 Å². The molecule has 0 unspecified atom stereocenters. The van der Waals surface area contributed by atoms with E-state index >= 15 is 0 Å². The summed E-state index contributed by atoms with van der Waals surface area (Å²) in [5.41, 5.74) is 19.3. The number of amides is 1. The number of nitriles is 3. The third kappa shape index (κ3) is 17.3. The maximum Gasteiger partial charge on any atom is 0.248 e. The number of fused-ring (bicyclic) bond motifs is 3. The predicted molar refractivity (Wildman–Crippen MR) is 437 cm³/mol. The zero-order valence-corrected chi connectivity index (χ0v) is 63.3. The van der Waals surface area contributed by atoms with Gasteiger partial charge in [0.05, 0.1) is 73.4 Å². The number of nitrogens with one attached hydrogen (secondary N) is 4. The fourth-order valence-electron chi connectivity index (χ4n) is 15.6. The number of benzene rings is 6. The number of piperazine rings is 1. The third-order valence-corrected chi connectivity index (χ3v) is 22.1. The van der Waals surface area contributed by atoms with Crippen LogP contribution in [0.5, 0.6) is 17.2 Å². The Hall–Kier alpha value is -12.2. The minimum absolute atomic E-state index is 0.0762. The molecule has 24 nitrogen and oxygen atoms in total. The van der Waals surface area contributed by atoms with Gasteiger partial charge in [-0.25, -0.2) is 9.97 Å². The number of ether oxygens (including phenoxy) is 6. The van der Waals surface area contributed by atoms with E-state index in [0.29, 0.717) is 73.1 Å². The number of morpholine rings is 2. The van der Waals surface area contributed by atoms with Crippen LogP contribution in [-0.4, -0.2) is 206 Å². The number of rotatable bonds is 16. The summed E-state index contributed by atoms with van der Waals surface area (Å²) in [6.07, 6.45) is 10.2. The summed E-state index contributed by atoms with van der Waals surface area (Å²) >= 11 is 0. The third-order valence-electron chi connectivity index (χ3n) is 22.1. The number of hydrogen-bond acceptors (Lipinski definition) is 20. The molecule has 0 aliphatic carbocycles. The van der Waals surface area contributed by atoms with E-state index in [0.717, 1.165) is 218 Å². The molecule has 12 heterocycles. The van der Waals surface area contributed by atoms with E-state index in [1.807, 2.05) is 72.9 Å². The van der Waals surface area contributed by atoms with Gasteiger partial charge >= 0.3 is 0 Å². The topological polar surface area (TPSA) is 291 Å². The maximum atomic E-state index is 11.7. The number of carbonyl (C=O) groups excluding carboxylic acids is 1. The predicted octanol–water partition coefficient (Wildman–Crippen LogP) is 13.2. The van der Waals surface area contributed by atoms with Crippen molar-refractivity contribution in [3.8, 4) is 103 Å². The number of H-pyrrole nitrogens is 3. The fraction of sp³-hybridized carbons (Fsp3) is 0.326. The van der Waals surface area contributed by atoms with E-state index in [-0.39, 0.29) is 24.2 Å². The number of nitrogens with zero attached hydrogens (tertiary/aromatic N) is 12. The zero-order chi connectivity index (χ0) is 77.0. The molecule has 0 atom stereocenters. The van der Waals surface area contributed by atoms with E-state index in [1.54, 1.807) is 17.4 Å². The van der Waals surface area contributed by atoms with Crippen LogP contribution < -0.4 is 34.2 Å². The second kappa shape index (κ2) is 35.0. The molecule has 12 aromatic rings. The Morgan fingerprint density at radius 1 is 0.434 bits per heavy atom. The van der Waals surface area contributed by atoms with Gasteiger partial charge in [0.25, 0.3) is 0 Å². The average Bonchev–Trinajstić information content (AvgIpc) is 1.67. The smallest absolute Gasteiger partial charge is 0.248 e. The number of carbonyl (C=O) groups is 1. The second-order valence-corrected chi connectivity index (χ2v) is 29.2. The van der Waals surface area contributed by atoms with Gasteiger partial charge in [0.15, 0.2) is 0 Å². The molecule has 113 heavy (non-hydrogen) atoms. The summed E-state index contributed by atoms with van der Waals surface area (Å²) in [6, 6.07) is 60.2. The highest BCUT2D eigenvalue weighted by Gasteiger charge is 2.27. The zero-order valence-electron chi connectivity index (χ0n) is 63.3. The number of aromatic nitrogens is 7. The molecule has 574 valence electrons. The van der Waals surface area contributed by atoms with Crippen LogP contribution in [0.3, 0.4) is 0 Å². The Balaban J connectivity index is 0.000000128. The lowest BCUT2D eigenvalue weighted by Crippen LogP contribution is -2.44. The summed E-state index contributed by atoms with van der Waals surface area (Å²) in [5.74, 6) is 1.52. The number of aliphatic hydroxyl groups excluding tert-OH is 1. The van der Waals surface area contributed by atoms with Gasteiger partial charge in [0.1, 0.15) is 72.3 Å². The van der Waals surface area contributed by atoms with Gasteiger partial charge < -0.3 is 78.3 Å². The van der Waals surface area contributed by atoms with Crippen LogP contribution in [0.2, 0.25) is 0 Å². The molecule has 24 heteroatoms. The van der Waals surface area contributed by atoms with Crippen LogP contribution >= 0.6 is 0 Å². The van der Waals surface area contributed by atoms with Crippen LogP contribution in [0.1, 0.15) is 55.2 Å². The molecule has 5 N–H and O–H groups in total. The molecule has 6 aliphatic heterocycles. The molecule has 6 aromatic heterocycles. The van der Waals surface area contributed by atoms with Crippen molar-refractivity contribution in [2.75, 3.05) is 147 Å². The molecular weight excluding hydrogens is 1420 g/mol. The van der Waals surface area contributed by atoms with Gasteiger partial charge in [-0.05, 0) is 171 Å². The van der Waals surface area contributed by atoms with E-state index in [4.69, 9.17) is 33.5 Å². The van der Waals surface area contributed by atoms with Crippen LogP contribution in [0.25, 0.3) is 100 Å². The summed E-state index contributed by atoms with van der Waals surface area (Å²) in [7, 11) is 2.17. The molecule has 0 radical (unpaired) electrons. The Morgan fingerprint density at radius 2 is 0.823 bits per heavy atom. The monoisotopic (exact) mass is 1510 g/mol. The number of anilines is 3. The van der Waals surface area contributed by atoms with Crippen molar-refractivity contribution in [2.24, 2.45) is 0 Å². The van der Waals surface area contributed by atoms with Gasteiger partial charge in [-0.2, -0.15) is 15.8 Å². The first-order valence-corrected chi connectivity index (χ1v) is 39.1. The Labute approximate surface area is 656 Å². The summed E-state index contributed by atoms with van der Waals surface area (Å²) in [4.78, 5) is 51.8. The number of aromatic amines is 3. The first-order valence-electron chi connectivity index (χ1n) is 39.1. The highest BCUT2D eigenvalue weighted by molar-refractivity contribution is 5.98. The maximum absolute atomic E-state index is 11.7. The van der Waals surface area contributed by atoms with Gasteiger partial charge in [-0.1, -0.05) is 36.4 Å². The number of likely N-dealkylation sites (tertiary alicyclic amines) is 1. The lowest BCUT2D eigenvalue weighted by atomic mass is 10.0. The highest BCUT2D eigenvalue weighted by Crippen LogP contribution is 2.39. The number of likely N-dealkylation sites (N-methyl/N-ethyl adjacent to an activating group) is 1. The molecular formula is C89H90N16O8. The molecule has 6 aliphatic rings. The summed E-state index contributed by atoms with van der Waals surface area (Å²) < 4.78 is 34.8. The van der Waals surface area contributed by atoms with Crippen molar-refractivity contribution in [2.45, 2.75) is 56.8 Å². The van der Waals surface area contributed by atoms with Crippen molar-refractivity contribution < 1.29 is 38.3 Å². The molecule has 6 saturated heterocycles. The van der Waals surface area contributed by atoms with E-state index in [2.05, 4.69) is 176 Å². The number of aliphatic hydroxyl groups is 1. The summed E-state index contributed by atoms with van der Waals surface area (Å²) in [5, 5.41) is 44.9. The van der Waals surface area contributed by atoms with Crippen LogP contribution in [-0.2, 0) is 19.0 Å². The SMILES string of the molecule is CN1CCN(c2ccc(-c3cc4c(-c5ccc(OC6CCOCC6)c(C#N)c5)ncnc4[nH]3)cc2)CC1.N#Cc1cc(-c2nccc3[nH]c(-c4ccc(N5CCOCC5)cc4)cc23)ccc1OC1CCN(C(=O)CO)CC1.N#Cc1cc(-c2nccc3[nH]c(-c4ccc(N5CCOCC5)cc4)cc23)ccc1OC1CCNCC1. The number of hydrogen-bond donors (Lipinski definition) is 5. The minimum Gasteiger partial charge on any atom is -0.489 e. The van der Waals surface area contributed by atoms with Crippen molar-refractivity contribution in [1.82, 2.24) is 50.0 Å². The van der Waals surface area contributed by atoms with Crippen LogP contribution in [0, 0.1) is 34.0 Å². The summed E-state index contributed by atoms with van der Waals surface area (Å²) in [6.45, 7) is 14.8. The first kappa shape index (κ1) is 74.9. The lowest BCUT2D eigenvalue weighted by Gasteiger charge is -2.34. The van der Waals surface area contributed by atoms with Gasteiger partial charge in [0.2, 0.25) is 5.91 Å². The van der Waals surface area contributed by atoms with Crippen molar-refractivity contribution >= 4 is 55.8 Å².